The maximum atomic E-state index is 14.5. The van der Waals surface area contributed by atoms with Crippen LogP contribution in [0.3, 0.4) is 0 Å². The van der Waals surface area contributed by atoms with Crippen LogP contribution in [0.5, 0.6) is 5.75 Å². The monoisotopic (exact) mass is 665 g/mol. The van der Waals surface area contributed by atoms with E-state index in [9.17, 15) is 22.4 Å². The molecule has 2 amide bonds. The first-order valence-corrected chi connectivity index (χ1v) is 16.7. The quantitative estimate of drug-likeness (QED) is 0.152. The van der Waals surface area contributed by atoms with Crippen LogP contribution >= 0.6 is 11.6 Å². The lowest BCUT2D eigenvalue weighted by atomic mass is 10.0. The summed E-state index contributed by atoms with van der Waals surface area (Å²) in [5.74, 6) is -1.31. The Kier molecular flexibility index (Phi) is 12.2. The third-order valence-electron chi connectivity index (χ3n) is 7.39. The molecule has 4 rings (SSSR count). The van der Waals surface area contributed by atoms with Gasteiger partial charge in [0.25, 0.3) is 10.0 Å². The number of sulfonamides is 1. The summed E-state index contributed by atoms with van der Waals surface area (Å²) in [6.45, 7) is 1.66. The summed E-state index contributed by atoms with van der Waals surface area (Å²) in [6, 6.07) is 26.0. The van der Waals surface area contributed by atoms with E-state index in [1.54, 1.807) is 24.3 Å². The average Bonchev–Trinajstić information content (AvgIpc) is 3.06. The molecular formula is C35H37ClFN3O5S. The van der Waals surface area contributed by atoms with Crippen LogP contribution in [0.4, 0.5) is 10.1 Å². The van der Waals surface area contributed by atoms with Gasteiger partial charge in [0.05, 0.1) is 17.7 Å². The molecule has 11 heteroatoms. The number of amides is 2. The second kappa shape index (κ2) is 16.2. The molecule has 0 radical (unpaired) electrons. The van der Waals surface area contributed by atoms with Gasteiger partial charge in [-0.25, -0.2) is 12.8 Å². The zero-order chi connectivity index (χ0) is 33.1. The van der Waals surface area contributed by atoms with Gasteiger partial charge in [-0.15, -0.1) is 0 Å². The van der Waals surface area contributed by atoms with Crippen LogP contribution in [0.15, 0.2) is 108 Å². The molecule has 0 spiro atoms. The highest BCUT2D eigenvalue weighted by molar-refractivity contribution is 7.92. The first-order valence-electron chi connectivity index (χ1n) is 14.9. The zero-order valence-corrected chi connectivity index (χ0v) is 27.3. The van der Waals surface area contributed by atoms with Crippen molar-refractivity contribution in [2.24, 2.45) is 0 Å². The second-order valence-corrected chi connectivity index (χ2v) is 12.9. The van der Waals surface area contributed by atoms with E-state index in [2.05, 4.69) is 5.32 Å². The number of carbonyl (C=O) groups excluding carboxylic acids is 2. The Hall–Kier alpha value is -4.41. The number of nitrogens with zero attached hydrogens (tertiary/aromatic N) is 2. The molecule has 0 saturated carbocycles. The molecule has 0 saturated heterocycles. The van der Waals surface area contributed by atoms with Gasteiger partial charge in [-0.1, -0.05) is 85.6 Å². The average molecular weight is 666 g/mol. The number of hydrogen-bond donors (Lipinski definition) is 1. The molecule has 46 heavy (non-hydrogen) atoms. The van der Waals surface area contributed by atoms with Crippen LogP contribution in [0.25, 0.3) is 0 Å². The fourth-order valence-electron chi connectivity index (χ4n) is 4.94. The minimum atomic E-state index is -4.34. The molecule has 0 aliphatic carbocycles. The van der Waals surface area contributed by atoms with E-state index in [0.717, 1.165) is 22.7 Å². The van der Waals surface area contributed by atoms with Crippen molar-refractivity contribution < 1.29 is 27.1 Å². The largest absolute Gasteiger partial charge is 0.495 e. The Morgan fingerprint density at radius 3 is 2.20 bits per heavy atom. The summed E-state index contributed by atoms with van der Waals surface area (Å²) in [5.41, 5.74) is 1.42. The highest BCUT2D eigenvalue weighted by Crippen LogP contribution is 2.35. The SMILES string of the molecule is CCCCNC(=O)C(Cc1ccccc1)N(Cc1ccc(F)cc1)C(=O)CN(c1cc(Cl)ccc1OC)S(=O)(=O)c1ccccc1. The highest BCUT2D eigenvalue weighted by Gasteiger charge is 2.35. The van der Waals surface area contributed by atoms with E-state index in [4.69, 9.17) is 16.3 Å². The van der Waals surface area contributed by atoms with Crippen molar-refractivity contribution in [1.29, 1.82) is 0 Å². The molecule has 0 bridgehead atoms. The maximum Gasteiger partial charge on any atom is 0.264 e. The molecule has 1 atom stereocenters. The van der Waals surface area contributed by atoms with Crippen molar-refractivity contribution in [3.8, 4) is 5.75 Å². The van der Waals surface area contributed by atoms with Crippen LogP contribution < -0.4 is 14.4 Å². The van der Waals surface area contributed by atoms with Gasteiger partial charge >= 0.3 is 0 Å². The van der Waals surface area contributed by atoms with Gasteiger partial charge in [0.2, 0.25) is 11.8 Å². The number of methoxy groups -OCH3 is 1. The van der Waals surface area contributed by atoms with Crippen molar-refractivity contribution in [3.05, 3.63) is 125 Å². The molecule has 0 aromatic heterocycles. The number of halogens is 2. The van der Waals surface area contributed by atoms with Gasteiger partial charge in [-0.3, -0.25) is 13.9 Å². The molecule has 8 nitrogen and oxygen atoms in total. The molecular weight excluding hydrogens is 629 g/mol. The minimum Gasteiger partial charge on any atom is -0.495 e. The van der Waals surface area contributed by atoms with Crippen LogP contribution in [0, 0.1) is 5.82 Å². The Labute approximate surface area is 274 Å². The molecule has 0 fully saturated rings. The standard InChI is InChI=1S/C35H37ClFN3O5S/c1-3-4-21-38-35(42)32(22-26-11-7-5-8-12-26)39(24-27-15-18-29(37)19-16-27)34(41)25-40(31-23-28(36)17-20-33(31)45-2)46(43,44)30-13-9-6-10-14-30/h5-20,23,32H,3-4,21-22,24-25H2,1-2H3,(H,38,42). The van der Waals surface area contributed by atoms with Gasteiger partial charge in [-0.2, -0.15) is 0 Å². The predicted molar refractivity (Wildman–Crippen MR) is 178 cm³/mol. The predicted octanol–water partition coefficient (Wildman–Crippen LogP) is 6.24. The lowest BCUT2D eigenvalue weighted by Gasteiger charge is -2.34. The lowest BCUT2D eigenvalue weighted by Crippen LogP contribution is -2.53. The van der Waals surface area contributed by atoms with Gasteiger partial charge in [0.15, 0.2) is 0 Å². The van der Waals surface area contributed by atoms with Crippen molar-refractivity contribution >= 4 is 39.1 Å². The summed E-state index contributed by atoms with van der Waals surface area (Å²) in [6.07, 6.45) is 1.76. The highest BCUT2D eigenvalue weighted by atomic mass is 35.5. The van der Waals surface area contributed by atoms with Gasteiger partial charge in [0.1, 0.15) is 24.2 Å². The molecule has 1 N–H and O–H groups in total. The van der Waals surface area contributed by atoms with Gasteiger partial charge < -0.3 is 15.0 Å². The summed E-state index contributed by atoms with van der Waals surface area (Å²) in [7, 11) is -2.95. The first kappa shape index (κ1) is 34.5. The van der Waals surface area contributed by atoms with E-state index < -0.39 is 34.3 Å². The molecule has 1 unspecified atom stereocenters. The third-order valence-corrected chi connectivity index (χ3v) is 9.40. The molecule has 242 valence electrons. The number of anilines is 1. The number of unbranched alkanes of at least 4 members (excludes halogenated alkanes) is 1. The third kappa shape index (κ3) is 8.86. The molecule has 0 heterocycles. The van der Waals surface area contributed by atoms with Crippen molar-refractivity contribution in [2.45, 2.75) is 43.7 Å². The summed E-state index contributed by atoms with van der Waals surface area (Å²) < 4.78 is 48.6. The van der Waals surface area contributed by atoms with E-state index in [0.29, 0.717) is 12.1 Å². The summed E-state index contributed by atoms with van der Waals surface area (Å²) in [4.78, 5) is 29.6. The maximum absolute atomic E-state index is 14.5. The fourth-order valence-corrected chi connectivity index (χ4v) is 6.54. The molecule has 0 aliphatic heterocycles. The normalized spacial score (nSPS) is 11.8. The molecule has 4 aromatic rings. The van der Waals surface area contributed by atoms with Gasteiger partial charge in [0, 0.05) is 24.5 Å². The van der Waals surface area contributed by atoms with Crippen molar-refractivity contribution in [1.82, 2.24) is 10.2 Å². The van der Waals surface area contributed by atoms with E-state index >= 15 is 0 Å². The van der Waals surface area contributed by atoms with E-state index in [-0.39, 0.29) is 40.2 Å². The smallest absolute Gasteiger partial charge is 0.264 e. The number of carbonyl (C=O) groups is 2. The van der Waals surface area contributed by atoms with Crippen molar-refractivity contribution in [3.63, 3.8) is 0 Å². The molecule has 0 aliphatic rings. The number of rotatable bonds is 15. The Morgan fingerprint density at radius 1 is 0.913 bits per heavy atom. The lowest BCUT2D eigenvalue weighted by molar-refractivity contribution is -0.140. The van der Waals surface area contributed by atoms with E-state index in [1.807, 2.05) is 37.3 Å². The van der Waals surface area contributed by atoms with Crippen LogP contribution in [0.2, 0.25) is 5.02 Å². The van der Waals surface area contributed by atoms with Crippen LogP contribution in [-0.2, 0) is 32.6 Å². The van der Waals surface area contributed by atoms with Crippen LogP contribution in [-0.4, -0.2) is 51.4 Å². The Balaban J connectivity index is 1.82. The van der Waals surface area contributed by atoms with Crippen molar-refractivity contribution in [2.75, 3.05) is 24.5 Å². The number of hydrogen-bond acceptors (Lipinski definition) is 5. The number of nitrogens with one attached hydrogen (secondary N) is 1. The Bertz CT molecular complexity index is 1710. The molecule has 4 aromatic carbocycles. The summed E-state index contributed by atoms with van der Waals surface area (Å²) >= 11 is 6.32. The Morgan fingerprint density at radius 2 is 1.57 bits per heavy atom. The first-order chi connectivity index (χ1) is 22.1. The van der Waals surface area contributed by atoms with Gasteiger partial charge in [-0.05, 0) is 60.0 Å². The fraction of sp³-hybridized carbons (Fsp3) is 0.257. The van der Waals surface area contributed by atoms with Crippen LogP contribution in [0.1, 0.15) is 30.9 Å². The topological polar surface area (TPSA) is 96.0 Å². The zero-order valence-electron chi connectivity index (χ0n) is 25.7. The summed E-state index contributed by atoms with van der Waals surface area (Å²) in [5, 5.41) is 3.17. The number of benzene rings is 4. The second-order valence-electron chi connectivity index (χ2n) is 10.6. The minimum absolute atomic E-state index is 0.0481. The number of ether oxygens (including phenoxy) is 1. The van der Waals surface area contributed by atoms with E-state index in [1.165, 1.54) is 60.5 Å².